The van der Waals surface area contributed by atoms with Crippen LogP contribution in [0.1, 0.15) is 26.7 Å². The Kier molecular flexibility index (Phi) is 4.18. The highest BCUT2D eigenvalue weighted by Gasteiger charge is 2.28. The second-order valence-corrected chi connectivity index (χ2v) is 6.57. The van der Waals surface area contributed by atoms with Gasteiger partial charge in [0.1, 0.15) is 0 Å². The van der Waals surface area contributed by atoms with Crippen molar-refractivity contribution in [2.24, 2.45) is 5.92 Å². The van der Waals surface area contributed by atoms with Gasteiger partial charge in [-0.1, -0.05) is 41.7 Å². The second kappa shape index (κ2) is 4.57. The topological polar surface area (TPSA) is 3.24 Å². The Labute approximate surface area is 95.3 Å². The monoisotopic (exact) mass is 243 g/mol. The number of hydrogen-bond acceptors (Lipinski definition) is 1. The Morgan fingerprint density at radius 3 is 2.31 bits per heavy atom. The molecule has 0 radical (unpaired) electrons. The quantitative estimate of drug-likeness (QED) is 0.672. The van der Waals surface area contributed by atoms with E-state index in [1.807, 2.05) is 0 Å². The summed E-state index contributed by atoms with van der Waals surface area (Å²) in [5.74, 6) is 0.783. The third-order valence-electron chi connectivity index (χ3n) is 2.60. The predicted molar refractivity (Wildman–Crippen MR) is 59.7 cm³/mol. The second-order valence-electron chi connectivity index (χ2n) is 4.05. The zero-order valence-corrected chi connectivity index (χ0v) is 10.3. The van der Waals surface area contributed by atoms with Gasteiger partial charge in [-0.2, -0.15) is 0 Å². The molecule has 2 unspecified atom stereocenters. The molecule has 78 valence electrons. The van der Waals surface area contributed by atoms with Gasteiger partial charge in [-0.25, -0.2) is 0 Å². The van der Waals surface area contributed by atoms with Crippen LogP contribution in [-0.2, 0) is 0 Å². The third-order valence-corrected chi connectivity index (χ3v) is 3.16. The summed E-state index contributed by atoms with van der Waals surface area (Å²) in [5, 5.41) is 0. The summed E-state index contributed by atoms with van der Waals surface area (Å²) in [5.41, 5.74) is 0. The molecule has 0 N–H and O–H groups in total. The van der Waals surface area contributed by atoms with Crippen LogP contribution in [-0.4, -0.2) is 27.8 Å². The summed E-state index contributed by atoms with van der Waals surface area (Å²) in [7, 11) is 0. The summed E-state index contributed by atoms with van der Waals surface area (Å²) in [4.78, 5) is 2.40. The molecule has 1 fully saturated rings. The van der Waals surface area contributed by atoms with Crippen molar-refractivity contribution in [3.8, 4) is 0 Å². The fourth-order valence-corrected chi connectivity index (χ4v) is 2.22. The first kappa shape index (κ1) is 11.9. The fourth-order valence-electron chi connectivity index (χ4n) is 1.97. The Balaban J connectivity index is 2.30. The van der Waals surface area contributed by atoms with Crippen LogP contribution in [0.15, 0.2) is 0 Å². The normalized spacial score (nSPS) is 31.2. The summed E-state index contributed by atoms with van der Waals surface area (Å²) >= 11 is 17.1. The van der Waals surface area contributed by atoms with Crippen molar-refractivity contribution >= 4 is 34.8 Å². The van der Waals surface area contributed by atoms with Gasteiger partial charge in [-0.05, 0) is 19.3 Å². The number of rotatable bonds is 2. The van der Waals surface area contributed by atoms with Gasteiger partial charge in [0.15, 0.2) is 3.79 Å². The van der Waals surface area contributed by atoms with Crippen LogP contribution in [0.2, 0.25) is 0 Å². The molecular formula is C9H16Cl3N. The highest BCUT2D eigenvalue weighted by atomic mass is 35.6. The molecule has 1 aliphatic heterocycles. The molecule has 2 atom stereocenters. The molecule has 0 amide bonds. The molecule has 0 spiro atoms. The maximum Gasteiger partial charge on any atom is 0.191 e. The average molecular weight is 245 g/mol. The standard InChI is InChI=1S/C9H16Cl3N/c1-7-5-8(2)13(6-7)4-3-9(10,11)12/h7-8H,3-6H2,1-2H3. The number of alkyl halides is 3. The van der Waals surface area contributed by atoms with Crippen LogP contribution in [0.25, 0.3) is 0 Å². The van der Waals surface area contributed by atoms with Crippen LogP contribution < -0.4 is 0 Å². The number of halogens is 3. The Hall–Kier alpha value is 0.830. The van der Waals surface area contributed by atoms with Gasteiger partial charge in [0.2, 0.25) is 0 Å². The van der Waals surface area contributed by atoms with E-state index in [-0.39, 0.29) is 0 Å². The van der Waals surface area contributed by atoms with Crippen LogP contribution >= 0.6 is 34.8 Å². The van der Waals surface area contributed by atoms with E-state index in [0.29, 0.717) is 12.5 Å². The minimum atomic E-state index is -1.09. The Morgan fingerprint density at radius 2 is 1.92 bits per heavy atom. The first-order chi connectivity index (χ1) is 5.88. The highest BCUT2D eigenvalue weighted by Crippen LogP contribution is 2.32. The molecule has 0 aromatic heterocycles. The van der Waals surface area contributed by atoms with Crippen molar-refractivity contribution in [3.63, 3.8) is 0 Å². The Bertz CT molecular complexity index is 167. The molecule has 0 aromatic carbocycles. The van der Waals surface area contributed by atoms with Crippen molar-refractivity contribution in [1.82, 2.24) is 4.90 Å². The molecule has 0 aromatic rings. The van der Waals surface area contributed by atoms with Crippen LogP contribution in [0, 0.1) is 5.92 Å². The van der Waals surface area contributed by atoms with Crippen LogP contribution in [0.4, 0.5) is 0 Å². The molecule has 1 rings (SSSR count). The minimum Gasteiger partial charge on any atom is -0.300 e. The van der Waals surface area contributed by atoms with Crippen molar-refractivity contribution in [2.75, 3.05) is 13.1 Å². The third kappa shape index (κ3) is 4.24. The molecule has 1 nitrogen and oxygen atoms in total. The number of hydrogen-bond donors (Lipinski definition) is 0. The van der Waals surface area contributed by atoms with Gasteiger partial charge in [0.25, 0.3) is 0 Å². The van der Waals surface area contributed by atoms with E-state index < -0.39 is 3.79 Å². The van der Waals surface area contributed by atoms with Crippen molar-refractivity contribution in [3.05, 3.63) is 0 Å². The first-order valence-corrected chi connectivity index (χ1v) is 5.82. The molecule has 1 aliphatic rings. The van der Waals surface area contributed by atoms with Gasteiger partial charge in [-0.3, -0.25) is 0 Å². The first-order valence-electron chi connectivity index (χ1n) is 4.69. The lowest BCUT2D eigenvalue weighted by molar-refractivity contribution is 0.263. The van der Waals surface area contributed by atoms with Gasteiger partial charge in [0, 0.05) is 25.6 Å². The van der Waals surface area contributed by atoms with E-state index >= 15 is 0 Å². The zero-order chi connectivity index (χ0) is 10.1. The highest BCUT2D eigenvalue weighted by molar-refractivity contribution is 6.67. The lowest BCUT2D eigenvalue weighted by atomic mass is 10.1. The molecular weight excluding hydrogens is 228 g/mol. The zero-order valence-electron chi connectivity index (χ0n) is 8.06. The maximum absolute atomic E-state index is 5.70. The molecule has 1 heterocycles. The lowest BCUT2D eigenvalue weighted by Crippen LogP contribution is -2.30. The van der Waals surface area contributed by atoms with Gasteiger partial charge in [-0.15, -0.1) is 0 Å². The van der Waals surface area contributed by atoms with E-state index in [2.05, 4.69) is 18.7 Å². The maximum atomic E-state index is 5.70. The molecule has 0 aliphatic carbocycles. The summed E-state index contributed by atoms with van der Waals surface area (Å²) in [6.07, 6.45) is 1.88. The summed E-state index contributed by atoms with van der Waals surface area (Å²) in [6, 6.07) is 0.641. The summed E-state index contributed by atoms with van der Waals surface area (Å²) in [6.45, 7) is 6.54. The van der Waals surface area contributed by atoms with Crippen molar-refractivity contribution in [1.29, 1.82) is 0 Å². The smallest absolute Gasteiger partial charge is 0.191 e. The van der Waals surface area contributed by atoms with Crippen molar-refractivity contribution < 1.29 is 0 Å². The Morgan fingerprint density at radius 1 is 1.31 bits per heavy atom. The van der Waals surface area contributed by atoms with Gasteiger partial charge < -0.3 is 4.90 Å². The molecule has 0 bridgehead atoms. The average Bonchev–Trinajstić information content (AvgIpc) is 2.24. The predicted octanol–water partition coefficient (Wildman–Crippen LogP) is 3.48. The molecule has 13 heavy (non-hydrogen) atoms. The van der Waals surface area contributed by atoms with E-state index in [1.54, 1.807) is 0 Å². The van der Waals surface area contributed by atoms with E-state index in [9.17, 15) is 0 Å². The van der Waals surface area contributed by atoms with Crippen molar-refractivity contribution in [2.45, 2.75) is 36.5 Å². The number of nitrogens with zero attached hydrogens (tertiary/aromatic N) is 1. The number of likely N-dealkylation sites (tertiary alicyclic amines) is 1. The van der Waals surface area contributed by atoms with E-state index in [0.717, 1.165) is 19.0 Å². The van der Waals surface area contributed by atoms with Gasteiger partial charge in [0.05, 0.1) is 0 Å². The fraction of sp³-hybridized carbons (Fsp3) is 1.00. The SMILES string of the molecule is CC1CC(C)N(CCC(Cl)(Cl)Cl)C1. The molecule has 4 heteroatoms. The van der Waals surface area contributed by atoms with Gasteiger partial charge >= 0.3 is 0 Å². The van der Waals surface area contributed by atoms with Crippen LogP contribution in [0.5, 0.6) is 0 Å². The molecule has 0 saturated carbocycles. The van der Waals surface area contributed by atoms with E-state index in [4.69, 9.17) is 34.8 Å². The minimum absolute atomic E-state index is 0.620. The van der Waals surface area contributed by atoms with Crippen LogP contribution in [0.3, 0.4) is 0 Å². The van der Waals surface area contributed by atoms with E-state index in [1.165, 1.54) is 6.42 Å². The summed E-state index contributed by atoms with van der Waals surface area (Å²) < 4.78 is -1.09. The lowest BCUT2D eigenvalue weighted by Gasteiger charge is -2.22. The largest absolute Gasteiger partial charge is 0.300 e. The molecule has 1 saturated heterocycles.